The van der Waals surface area contributed by atoms with Gasteiger partial charge in [0.05, 0.1) is 18.2 Å². The lowest BCUT2D eigenvalue weighted by Crippen LogP contribution is -2.24. The third kappa shape index (κ3) is 3.99. The highest BCUT2D eigenvalue weighted by Gasteiger charge is 2.38. The van der Waals surface area contributed by atoms with Crippen molar-refractivity contribution in [3.05, 3.63) is 52.3 Å². The third-order valence-electron chi connectivity index (χ3n) is 4.71. The number of aromatic nitrogens is 4. The molecule has 0 unspecified atom stereocenters. The predicted octanol–water partition coefficient (Wildman–Crippen LogP) is 4.41. The van der Waals surface area contributed by atoms with Crippen LogP contribution >= 0.6 is 0 Å². The van der Waals surface area contributed by atoms with Gasteiger partial charge in [0, 0.05) is 24.5 Å². The Bertz CT molecular complexity index is 1120. The zero-order valence-electron chi connectivity index (χ0n) is 14.8. The molecule has 1 saturated carbocycles. The molecule has 11 heteroatoms. The average molecular weight is 416 g/mol. The van der Waals surface area contributed by atoms with Crippen molar-refractivity contribution in [2.75, 3.05) is 0 Å². The first-order valence-electron chi connectivity index (χ1n) is 8.76. The third-order valence-corrected chi connectivity index (χ3v) is 4.71. The van der Waals surface area contributed by atoms with Crippen LogP contribution in [0.2, 0.25) is 0 Å². The molecule has 154 valence electrons. The lowest BCUT2D eigenvalue weighted by Gasteiger charge is -2.13. The van der Waals surface area contributed by atoms with Crippen molar-refractivity contribution < 1.29 is 26.3 Å². The monoisotopic (exact) mass is 416 g/mol. The molecule has 1 aliphatic rings. The lowest BCUT2D eigenvalue weighted by atomic mass is 10.1. The quantitative estimate of drug-likeness (QED) is 0.593. The molecular weight excluding hydrogens is 402 g/mol. The fourth-order valence-corrected chi connectivity index (χ4v) is 3.14. The van der Waals surface area contributed by atoms with Crippen LogP contribution in [0.15, 0.2) is 35.5 Å². The second-order valence-corrected chi connectivity index (χ2v) is 6.96. The van der Waals surface area contributed by atoms with E-state index in [2.05, 4.69) is 10.1 Å². The summed E-state index contributed by atoms with van der Waals surface area (Å²) in [5.74, 6) is 0.266. The van der Waals surface area contributed by atoms with Gasteiger partial charge in [0.15, 0.2) is 5.69 Å². The van der Waals surface area contributed by atoms with Gasteiger partial charge >= 0.3 is 12.4 Å². The number of hydrogen-bond donors (Lipinski definition) is 0. The van der Waals surface area contributed by atoms with E-state index in [1.165, 1.54) is 12.3 Å². The number of hydrogen-bond acceptors (Lipinski definition) is 3. The average Bonchev–Trinajstić information content (AvgIpc) is 3.37. The Balaban J connectivity index is 1.84. The minimum atomic E-state index is -4.92. The van der Waals surface area contributed by atoms with Crippen LogP contribution in [0.4, 0.5) is 26.3 Å². The first-order chi connectivity index (χ1) is 13.5. The molecule has 0 radical (unpaired) electrons. The Labute approximate surface area is 159 Å². The SMILES string of the molecule is O=c1c(-c2cnn(CCC(F)(F)F)c2)c(C(F)(F)F)nc2ccc(C3CC3)cn12. The fourth-order valence-electron chi connectivity index (χ4n) is 3.14. The molecule has 0 spiro atoms. The summed E-state index contributed by atoms with van der Waals surface area (Å²) in [4.78, 5) is 16.5. The van der Waals surface area contributed by atoms with Crippen LogP contribution in [-0.2, 0) is 12.7 Å². The van der Waals surface area contributed by atoms with E-state index in [1.54, 1.807) is 6.07 Å². The van der Waals surface area contributed by atoms with Gasteiger partial charge in [-0.05, 0) is 30.4 Å². The molecule has 5 nitrogen and oxygen atoms in total. The van der Waals surface area contributed by atoms with Gasteiger partial charge in [-0.2, -0.15) is 31.4 Å². The summed E-state index contributed by atoms with van der Waals surface area (Å²) < 4.78 is 79.8. The number of alkyl halides is 6. The standard InChI is InChI=1S/C18H14F6N4O/c19-17(20,21)5-6-27-8-12(7-25-27)14-15(18(22,23)24)26-13-4-3-11(10-1-2-10)9-28(13)16(14)29/h3-4,7-10H,1-2,5-6H2. The Morgan fingerprint density at radius 2 is 1.79 bits per heavy atom. The molecule has 4 rings (SSSR count). The van der Waals surface area contributed by atoms with E-state index in [-0.39, 0.29) is 17.1 Å². The van der Waals surface area contributed by atoms with Crippen molar-refractivity contribution >= 4 is 5.65 Å². The summed E-state index contributed by atoms with van der Waals surface area (Å²) in [6, 6.07) is 3.01. The molecule has 0 bridgehead atoms. The molecule has 3 aromatic heterocycles. The molecule has 1 fully saturated rings. The first-order valence-corrected chi connectivity index (χ1v) is 8.76. The maximum Gasteiger partial charge on any atom is 0.434 e. The van der Waals surface area contributed by atoms with Gasteiger partial charge in [-0.1, -0.05) is 6.07 Å². The van der Waals surface area contributed by atoms with Crippen LogP contribution in [0.3, 0.4) is 0 Å². The Morgan fingerprint density at radius 1 is 1.07 bits per heavy atom. The Morgan fingerprint density at radius 3 is 2.41 bits per heavy atom. The van der Waals surface area contributed by atoms with Gasteiger partial charge in [-0.15, -0.1) is 0 Å². The van der Waals surface area contributed by atoms with Crippen molar-refractivity contribution in [3.8, 4) is 11.1 Å². The number of fused-ring (bicyclic) bond motifs is 1. The van der Waals surface area contributed by atoms with Gasteiger partial charge in [-0.25, -0.2) is 4.98 Å². The minimum absolute atomic E-state index is 0.153. The van der Waals surface area contributed by atoms with Gasteiger partial charge in [0.1, 0.15) is 5.65 Å². The van der Waals surface area contributed by atoms with Crippen LogP contribution in [0.5, 0.6) is 0 Å². The van der Waals surface area contributed by atoms with Gasteiger partial charge in [-0.3, -0.25) is 13.9 Å². The summed E-state index contributed by atoms with van der Waals surface area (Å²) in [5, 5.41) is 3.67. The van der Waals surface area contributed by atoms with Crippen molar-refractivity contribution in [2.45, 2.75) is 44.1 Å². The molecule has 3 aromatic rings. The Hall–Kier alpha value is -2.85. The maximum atomic E-state index is 13.6. The summed E-state index contributed by atoms with van der Waals surface area (Å²) >= 11 is 0. The summed E-state index contributed by atoms with van der Waals surface area (Å²) in [7, 11) is 0. The number of pyridine rings is 1. The molecule has 0 aromatic carbocycles. The first kappa shape index (κ1) is 19.5. The smallest absolute Gasteiger partial charge is 0.272 e. The molecule has 0 N–H and O–H groups in total. The van der Waals surface area contributed by atoms with Crippen molar-refractivity contribution in [1.82, 2.24) is 19.2 Å². The van der Waals surface area contributed by atoms with E-state index in [1.807, 2.05) is 0 Å². The van der Waals surface area contributed by atoms with E-state index in [4.69, 9.17) is 0 Å². The van der Waals surface area contributed by atoms with Crippen molar-refractivity contribution in [1.29, 1.82) is 0 Å². The van der Waals surface area contributed by atoms with E-state index < -0.39 is 42.1 Å². The zero-order valence-corrected chi connectivity index (χ0v) is 14.8. The predicted molar refractivity (Wildman–Crippen MR) is 90.3 cm³/mol. The molecular formula is C18H14F6N4O. The van der Waals surface area contributed by atoms with Crippen molar-refractivity contribution in [2.24, 2.45) is 0 Å². The van der Waals surface area contributed by atoms with Crippen LogP contribution in [0, 0.1) is 0 Å². The number of halogens is 6. The van der Waals surface area contributed by atoms with Crippen LogP contribution in [0.25, 0.3) is 16.8 Å². The lowest BCUT2D eigenvalue weighted by molar-refractivity contribution is -0.140. The van der Waals surface area contributed by atoms with Crippen LogP contribution < -0.4 is 5.56 Å². The van der Waals surface area contributed by atoms with Gasteiger partial charge < -0.3 is 0 Å². The number of nitrogens with zero attached hydrogens (tertiary/aromatic N) is 4. The molecule has 1 aliphatic carbocycles. The molecule has 0 aliphatic heterocycles. The maximum absolute atomic E-state index is 13.6. The van der Waals surface area contributed by atoms with Crippen molar-refractivity contribution in [3.63, 3.8) is 0 Å². The van der Waals surface area contributed by atoms with E-state index in [0.29, 0.717) is 0 Å². The van der Waals surface area contributed by atoms with Crippen LogP contribution in [-0.4, -0.2) is 25.3 Å². The summed E-state index contributed by atoms with van der Waals surface area (Å²) in [6.07, 6.45) is -5.27. The van der Waals surface area contributed by atoms with E-state index in [0.717, 1.165) is 39.9 Å². The number of aryl methyl sites for hydroxylation is 1. The minimum Gasteiger partial charge on any atom is -0.272 e. The highest BCUT2D eigenvalue weighted by Crippen LogP contribution is 2.40. The second kappa shape index (κ2) is 6.60. The molecule has 29 heavy (non-hydrogen) atoms. The largest absolute Gasteiger partial charge is 0.434 e. The fraction of sp³-hybridized carbons (Fsp3) is 0.389. The Kier molecular flexibility index (Phi) is 4.43. The molecule has 0 atom stereocenters. The van der Waals surface area contributed by atoms with Crippen LogP contribution in [0.1, 0.15) is 36.4 Å². The molecule has 0 amide bonds. The van der Waals surface area contributed by atoms with Gasteiger partial charge in [0.2, 0.25) is 0 Å². The summed E-state index contributed by atoms with van der Waals surface area (Å²) in [5.41, 5.74) is -2.63. The summed E-state index contributed by atoms with van der Waals surface area (Å²) in [6.45, 7) is -0.570. The molecule has 3 heterocycles. The highest BCUT2D eigenvalue weighted by atomic mass is 19.4. The molecule has 0 saturated heterocycles. The zero-order chi connectivity index (χ0) is 21.0. The second-order valence-electron chi connectivity index (χ2n) is 6.96. The normalized spacial score (nSPS) is 15.2. The topological polar surface area (TPSA) is 52.2 Å². The highest BCUT2D eigenvalue weighted by molar-refractivity contribution is 5.66. The van der Waals surface area contributed by atoms with E-state index >= 15 is 0 Å². The van der Waals surface area contributed by atoms with E-state index in [9.17, 15) is 31.1 Å². The van der Waals surface area contributed by atoms with Gasteiger partial charge in [0.25, 0.3) is 5.56 Å². The number of rotatable bonds is 4.